The lowest BCUT2D eigenvalue weighted by Crippen LogP contribution is -2.12. The summed E-state index contributed by atoms with van der Waals surface area (Å²) in [7, 11) is 0. The van der Waals surface area contributed by atoms with Crippen molar-refractivity contribution in [3.05, 3.63) is 95.1 Å². The lowest BCUT2D eigenvalue weighted by atomic mass is 10.0. The van der Waals surface area contributed by atoms with Gasteiger partial charge in [0.2, 0.25) is 0 Å². The van der Waals surface area contributed by atoms with E-state index in [0.29, 0.717) is 11.3 Å². The first-order valence-electron chi connectivity index (χ1n) is 9.81. The number of amides is 1. The van der Waals surface area contributed by atoms with Crippen molar-refractivity contribution in [3.63, 3.8) is 0 Å². The maximum atomic E-state index is 12.5. The monoisotopic (exact) mass is 387 g/mol. The lowest BCUT2D eigenvalue weighted by Gasteiger charge is -2.09. The van der Waals surface area contributed by atoms with E-state index in [0.717, 1.165) is 25.7 Å². The summed E-state index contributed by atoms with van der Waals surface area (Å²) in [6, 6.07) is 22.5. The number of anilines is 1. The molecule has 148 valence electrons. The van der Waals surface area contributed by atoms with Gasteiger partial charge in [0.25, 0.3) is 5.91 Å². The van der Waals surface area contributed by atoms with Gasteiger partial charge in [0.15, 0.2) is 5.78 Å². The number of rotatable bonds is 8. The molecule has 29 heavy (non-hydrogen) atoms. The number of carbonyl (C=O) groups excluding carboxylic acids is 2. The molecule has 3 aromatic carbocycles. The number of aromatic hydroxyl groups is 1. The summed E-state index contributed by atoms with van der Waals surface area (Å²) >= 11 is 0. The molecule has 4 nitrogen and oxygen atoms in total. The largest absolute Gasteiger partial charge is 0.507 e. The highest BCUT2D eigenvalue weighted by Gasteiger charge is 2.10. The van der Waals surface area contributed by atoms with Crippen LogP contribution in [0.5, 0.6) is 5.75 Å². The smallest absolute Gasteiger partial charge is 0.255 e. The average Bonchev–Trinajstić information content (AvgIpc) is 2.73. The highest BCUT2D eigenvalue weighted by Crippen LogP contribution is 2.22. The van der Waals surface area contributed by atoms with Crippen molar-refractivity contribution in [2.45, 2.75) is 32.6 Å². The van der Waals surface area contributed by atoms with Crippen molar-refractivity contribution >= 4 is 17.4 Å². The zero-order valence-corrected chi connectivity index (χ0v) is 16.5. The summed E-state index contributed by atoms with van der Waals surface area (Å²) in [6.45, 7) is 1.37. The fourth-order valence-electron chi connectivity index (χ4n) is 3.22. The van der Waals surface area contributed by atoms with Gasteiger partial charge in [-0.1, -0.05) is 42.5 Å². The molecule has 0 atom stereocenters. The molecule has 1 amide bonds. The molecule has 0 radical (unpaired) electrons. The fraction of sp³-hybridized carbons (Fsp3) is 0.200. The summed E-state index contributed by atoms with van der Waals surface area (Å²) in [5.41, 5.74) is 3.78. The Morgan fingerprint density at radius 1 is 0.828 bits per heavy atom. The minimum Gasteiger partial charge on any atom is -0.507 e. The van der Waals surface area contributed by atoms with Crippen molar-refractivity contribution in [2.75, 3.05) is 5.32 Å². The van der Waals surface area contributed by atoms with Crippen LogP contribution in [0.2, 0.25) is 0 Å². The number of hydrogen-bond acceptors (Lipinski definition) is 3. The summed E-state index contributed by atoms with van der Waals surface area (Å²) in [4.78, 5) is 24.0. The second-order valence-corrected chi connectivity index (χ2v) is 7.13. The third kappa shape index (κ3) is 5.79. The number of aryl methyl sites for hydroxylation is 2. The van der Waals surface area contributed by atoms with Crippen LogP contribution in [0.4, 0.5) is 5.69 Å². The van der Waals surface area contributed by atoms with Gasteiger partial charge in [-0.2, -0.15) is 0 Å². The van der Waals surface area contributed by atoms with Gasteiger partial charge in [-0.05, 0) is 74.1 Å². The van der Waals surface area contributed by atoms with Crippen LogP contribution in [0.25, 0.3) is 0 Å². The lowest BCUT2D eigenvalue weighted by molar-refractivity contribution is 0.100. The number of phenols is 1. The third-order valence-electron chi connectivity index (χ3n) is 4.87. The Labute approximate surface area is 171 Å². The van der Waals surface area contributed by atoms with E-state index >= 15 is 0 Å². The highest BCUT2D eigenvalue weighted by molar-refractivity contribution is 6.05. The van der Waals surface area contributed by atoms with E-state index in [-0.39, 0.29) is 23.0 Å². The molecule has 0 aliphatic heterocycles. The maximum Gasteiger partial charge on any atom is 0.255 e. The second kappa shape index (κ2) is 9.69. The van der Waals surface area contributed by atoms with Crippen LogP contribution >= 0.6 is 0 Å². The number of ketones is 1. The Morgan fingerprint density at radius 3 is 2.07 bits per heavy atom. The second-order valence-electron chi connectivity index (χ2n) is 7.13. The molecule has 4 heteroatoms. The first kappa shape index (κ1) is 20.3. The molecule has 0 saturated heterocycles. The Balaban J connectivity index is 1.52. The quantitative estimate of drug-likeness (QED) is 0.308. The van der Waals surface area contributed by atoms with Crippen LogP contribution in [-0.4, -0.2) is 16.8 Å². The minimum atomic E-state index is -0.254. The van der Waals surface area contributed by atoms with E-state index in [1.165, 1.54) is 30.2 Å². The molecule has 2 N–H and O–H groups in total. The van der Waals surface area contributed by atoms with Crippen molar-refractivity contribution < 1.29 is 14.7 Å². The normalized spacial score (nSPS) is 10.5. The molecule has 0 aromatic heterocycles. The SMILES string of the molecule is CC(=O)c1cc(NC(=O)c2ccc(CCCCc3ccccc3)cc2)ccc1O. The topological polar surface area (TPSA) is 66.4 Å². The number of nitrogens with one attached hydrogen (secondary N) is 1. The Kier molecular flexibility index (Phi) is 6.80. The predicted molar refractivity (Wildman–Crippen MR) is 116 cm³/mol. The molecule has 3 aromatic rings. The molecule has 0 bridgehead atoms. The Bertz CT molecular complexity index is 979. The number of carbonyl (C=O) groups is 2. The van der Waals surface area contributed by atoms with Crippen molar-refractivity contribution in [2.24, 2.45) is 0 Å². The Morgan fingerprint density at radius 2 is 1.45 bits per heavy atom. The molecule has 0 aliphatic rings. The van der Waals surface area contributed by atoms with E-state index in [1.54, 1.807) is 6.07 Å². The number of Topliss-reactive ketones (excluding diaryl/α,β-unsaturated/α-hetero) is 1. The highest BCUT2D eigenvalue weighted by atomic mass is 16.3. The number of hydrogen-bond donors (Lipinski definition) is 2. The molecule has 0 fully saturated rings. The molecule has 0 aliphatic carbocycles. The standard InChI is InChI=1S/C25H25NO3/c1-18(27)23-17-22(15-16-24(23)28)26-25(29)21-13-11-20(12-14-21)10-6-5-9-19-7-3-2-4-8-19/h2-4,7-8,11-17,28H,5-6,9-10H2,1H3,(H,26,29). The summed E-state index contributed by atoms with van der Waals surface area (Å²) in [5.74, 6) is -0.594. The third-order valence-corrected chi connectivity index (χ3v) is 4.87. The van der Waals surface area contributed by atoms with E-state index in [1.807, 2.05) is 30.3 Å². The Hall–Kier alpha value is -3.40. The van der Waals surface area contributed by atoms with Crippen molar-refractivity contribution in [1.82, 2.24) is 0 Å². The van der Waals surface area contributed by atoms with Crippen LogP contribution < -0.4 is 5.32 Å². The van der Waals surface area contributed by atoms with Gasteiger partial charge in [0.1, 0.15) is 5.75 Å². The fourth-order valence-corrected chi connectivity index (χ4v) is 3.22. The number of unbranched alkanes of at least 4 members (excludes halogenated alkanes) is 1. The summed E-state index contributed by atoms with van der Waals surface area (Å²) in [6.07, 6.45) is 4.29. The van der Waals surface area contributed by atoms with Crippen LogP contribution in [0.15, 0.2) is 72.8 Å². The zero-order valence-electron chi connectivity index (χ0n) is 16.5. The molecule has 0 heterocycles. The van der Waals surface area contributed by atoms with Gasteiger partial charge in [-0.15, -0.1) is 0 Å². The molecule has 3 rings (SSSR count). The van der Waals surface area contributed by atoms with Crippen LogP contribution in [0, 0.1) is 0 Å². The summed E-state index contributed by atoms with van der Waals surface area (Å²) < 4.78 is 0. The van der Waals surface area contributed by atoms with Gasteiger partial charge in [-0.3, -0.25) is 9.59 Å². The van der Waals surface area contributed by atoms with Gasteiger partial charge >= 0.3 is 0 Å². The zero-order chi connectivity index (χ0) is 20.6. The van der Waals surface area contributed by atoms with E-state index in [2.05, 4.69) is 29.6 Å². The van der Waals surface area contributed by atoms with Gasteiger partial charge < -0.3 is 10.4 Å². The van der Waals surface area contributed by atoms with Gasteiger partial charge in [0.05, 0.1) is 5.56 Å². The first-order valence-corrected chi connectivity index (χ1v) is 9.81. The number of benzene rings is 3. The van der Waals surface area contributed by atoms with E-state index < -0.39 is 0 Å². The molecule has 0 spiro atoms. The molecule has 0 saturated carbocycles. The van der Waals surface area contributed by atoms with Crippen molar-refractivity contribution in [3.8, 4) is 5.75 Å². The summed E-state index contributed by atoms with van der Waals surface area (Å²) in [5, 5.41) is 12.5. The first-order chi connectivity index (χ1) is 14.0. The number of phenolic OH excluding ortho intramolecular Hbond substituents is 1. The van der Waals surface area contributed by atoms with Crippen molar-refractivity contribution in [1.29, 1.82) is 0 Å². The van der Waals surface area contributed by atoms with Crippen LogP contribution in [0.1, 0.15) is 51.6 Å². The van der Waals surface area contributed by atoms with Crippen LogP contribution in [0.3, 0.4) is 0 Å². The maximum absolute atomic E-state index is 12.5. The predicted octanol–water partition coefficient (Wildman–Crippen LogP) is 5.41. The molecular formula is C25H25NO3. The van der Waals surface area contributed by atoms with Crippen LogP contribution in [-0.2, 0) is 12.8 Å². The minimum absolute atomic E-state index is 0.0906. The molecular weight excluding hydrogens is 362 g/mol. The van der Waals surface area contributed by atoms with E-state index in [9.17, 15) is 14.7 Å². The van der Waals surface area contributed by atoms with Gasteiger partial charge in [0, 0.05) is 11.3 Å². The molecule has 0 unspecified atom stereocenters. The van der Waals surface area contributed by atoms with Gasteiger partial charge in [-0.25, -0.2) is 0 Å². The van der Waals surface area contributed by atoms with E-state index in [4.69, 9.17) is 0 Å². The average molecular weight is 387 g/mol.